The Hall–Kier alpha value is -2.09. The lowest BCUT2D eigenvalue weighted by atomic mass is 10.1. The van der Waals surface area contributed by atoms with Crippen LogP contribution in [0.25, 0.3) is 0 Å². The summed E-state index contributed by atoms with van der Waals surface area (Å²) in [5.74, 6) is 0.875. The molecule has 0 aliphatic carbocycles. The quantitative estimate of drug-likeness (QED) is 0.746. The second-order valence-corrected chi connectivity index (χ2v) is 4.53. The molecule has 0 bridgehead atoms. The number of hydrogen-bond donors (Lipinski definition) is 0. The molecule has 2 rings (SSSR count). The molecule has 0 saturated carbocycles. The number of rotatable bonds is 4. The van der Waals surface area contributed by atoms with E-state index >= 15 is 0 Å². The van der Waals surface area contributed by atoms with E-state index in [2.05, 4.69) is 38.1 Å². The Morgan fingerprint density at radius 3 is 2.21 bits per heavy atom. The average molecular weight is 253 g/mol. The van der Waals surface area contributed by atoms with Crippen LogP contribution in [0.15, 0.2) is 59.6 Å². The van der Waals surface area contributed by atoms with Gasteiger partial charge in [0.05, 0.1) is 13.2 Å². The Kier molecular flexibility index (Phi) is 4.35. The summed E-state index contributed by atoms with van der Waals surface area (Å²) in [4.78, 5) is 4.75. The van der Waals surface area contributed by atoms with Gasteiger partial charge in [0.1, 0.15) is 5.75 Å². The van der Waals surface area contributed by atoms with Gasteiger partial charge in [-0.25, -0.2) is 0 Å². The van der Waals surface area contributed by atoms with Gasteiger partial charge >= 0.3 is 0 Å². The van der Waals surface area contributed by atoms with E-state index in [9.17, 15) is 0 Å². The van der Waals surface area contributed by atoms with Crippen molar-refractivity contribution in [1.82, 2.24) is 0 Å². The SMILES string of the molecule is COc1ccc(C(C)N=C(C)c2ccccc2)cc1. The highest BCUT2D eigenvalue weighted by Gasteiger charge is 2.05. The number of methoxy groups -OCH3 is 1. The molecular formula is C17H19NO. The number of nitrogens with zero attached hydrogens (tertiary/aromatic N) is 1. The van der Waals surface area contributed by atoms with Gasteiger partial charge in [-0.15, -0.1) is 0 Å². The fraction of sp³-hybridized carbons (Fsp3) is 0.235. The molecule has 2 nitrogen and oxygen atoms in total. The molecule has 1 atom stereocenters. The monoisotopic (exact) mass is 253 g/mol. The molecule has 0 saturated heterocycles. The number of aliphatic imine (C=N–C) groups is 1. The lowest BCUT2D eigenvalue weighted by Gasteiger charge is -2.10. The van der Waals surface area contributed by atoms with Crippen LogP contribution in [0.1, 0.15) is 31.0 Å². The number of benzene rings is 2. The van der Waals surface area contributed by atoms with Gasteiger partial charge in [-0.05, 0) is 37.1 Å². The normalized spacial score (nSPS) is 13.1. The zero-order valence-corrected chi connectivity index (χ0v) is 11.6. The van der Waals surface area contributed by atoms with Crippen molar-refractivity contribution >= 4 is 5.71 Å². The molecule has 2 aromatic rings. The second kappa shape index (κ2) is 6.19. The molecule has 0 radical (unpaired) electrons. The van der Waals surface area contributed by atoms with Crippen molar-refractivity contribution in [1.29, 1.82) is 0 Å². The molecule has 0 aliphatic heterocycles. The highest BCUT2D eigenvalue weighted by Crippen LogP contribution is 2.21. The summed E-state index contributed by atoms with van der Waals surface area (Å²) in [7, 11) is 1.68. The van der Waals surface area contributed by atoms with E-state index in [1.807, 2.05) is 30.3 Å². The van der Waals surface area contributed by atoms with Crippen LogP contribution in [0.3, 0.4) is 0 Å². The summed E-state index contributed by atoms with van der Waals surface area (Å²) in [5, 5.41) is 0. The Balaban J connectivity index is 2.17. The summed E-state index contributed by atoms with van der Waals surface area (Å²) in [6, 6.07) is 18.5. The summed E-state index contributed by atoms with van der Waals surface area (Å²) in [5.41, 5.74) is 3.42. The van der Waals surface area contributed by atoms with Crippen LogP contribution >= 0.6 is 0 Å². The molecule has 98 valence electrons. The first-order valence-corrected chi connectivity index (χ1v) is 6.44. The molecule has 0 fully saturated rings. The Labute approximate surface area is 114 Å². The van der Waals surface area contributed by atoms with Crippen LogP contribution in [0.5, 0.6) is 5.75 Å². The average Bonchev–Trinajstić information content (AvgIpc) is 2.48. The molecule has 0 N–H and O–H groups in total. The minimum atomic E-state index is 0.145. The zero-order chi connectivity index (χ0) is 13.7. The van der Waals surface area contributed by atoms with Crippen LogP contribution in [0.4, 0.5) is 0 Å². The Morgan fingerprint density at radius 1 is 1.00 bits per heavy atom. The van der Waals surface area contributed by atoms with E-state index in [-0.39, 0.29) is 6.04 Å². The van der Waals surface area contributed by atoms with Gasteiger partial charge in [-0.2, -0.15) is 0 Å². The van der Waals surface area contributed by atoms with Gasteiger partial charge in [-0.1, -0.05) is 42.5 Å². The van der Waals surface area contributed by atoms with E-state index in [1.165, 1.54) is 11.1 Å². The van der Waals surface area contributed by atoms with E-state index < -0.39 is 0 Å². The third-order valence-corrected chi connectivity index (χ3v) is 3.18. The third kappa shape index (κ3) is 3.44. The molecule has 0 heterocycles. The largest absolute Gasteiger partial charge is 0.497 e. The predicted molar refractivity (Wildman–Crippen MR) is 80.1 cm³/mol. The first-order valence-electron chi connectivity index (χ1n) is 6.44. The highest BCUT2D eigenvalue weighted by molar-refractivity contribution is 5.98. The molecule has 0 spiro atoms. The van der Waals surface area contributed by atoms with Gasteiger partial charge in [0.2, 0.25) is 0 Å². The first-order chi connectivity index (χ1) is 9.20. The topological polar surface area (TPSA) is 21.6 Å². The summed E-state index contributed by atoms with van der Waals surface area (Å²) in [6.45, 7) is 4.16. The first kappa shape index (κ1) is 13.3. The number of ether oxygens (including phenoxy) is 1. The van der Waals surface area contributed by atoms with Crippen molar-refractivity contribution in [2.75, 3.05) is 7.11 Å². The van der Waals surface area contributed by atoms with Crippen LogP contribution in [0.2, 0.25) is 0 Å². The van der Waals surface area contributed by atoms with Crippen molar-refractivity contribution in [3.63, 3.8) is 0 Å². The lowest BCUT2D eigenvalue weighted by molar-refractivity contribution is 0.414. The van der Waals surface area contributed by atoms with Gasteiger partial charge < -0.3 is 4.74 Å². The van der Waals surface area contributed by atoms with Crippen molar-refractivity contribution in [3.8, 4) is 5.75 Å². The lowest BCUT2D eigenvalue weighted by Crippen LogP contribution is -1.98. The molecule has 2 heteroatoms. The molecule has 2 aromatic carbocycles. The van der Waals surface area contributed by atoms with Crippen LogP contribution < -0.4 is 4.74 Å². The maximum atomic E-state index is 5.16. The van der Waals surface area contributed by atoms with Gasteiger partial charge in [-0.3, -0.25) is 4.99 Å². The van der Waals surface area contributed by atoms with Crippen molar-refractivity contribution in [2.24, 2.45) is 4.99 Å². The minimum absolute atomic E-state index is 0.145. The minimum Gasteiger partial charge on any atom is -0.497 e. The standard InChI is InChI=1S/C17H19NO/c1-13(15-7-5-4-6-8-15)18-14(2)16-9-11-17(19-3)12-10-16/h4-12,14H,1-3H3. The van der Waals surface area contributed by atoms with Gasteiger partial charge in [0, 0.05) is 5.71 Å². The molecule has 19 heavy (non-hydrogen) atoms. The van der Waals surface area contributed by atoms with Crippen molar-refractivity contribution in [3.05, 3.63) is 65.7 Å². The van der Waals surface area contributed by atoms with E-state index in [0.717, 1.165) is 11.5 Å². The maximum absolute atomic E-state index is 5.16. The Morgan fingerprint density at radius 2 is 1.63 bits per heavy atom. The maximum Gasteiger partial charge on any atom is 0.118 e. The molecule has 0 amide bonds. The van der Waals surface area contributed by atoms with Crippen molar-refractivity contribution in [2.45, 2.75) is 19.9 Å². The summed E-state index contributed by atoms with van der Waals surface area (Å²) >= 11 is 0. The molecule has 0 aromatic heterocycles. The van der Waals surface area contributed by atoms with E-state index in [4.69, 9.17) is 9.73 Å². The van der Waals surface area contributed by atoms with E-state index in [0.29, 0.717) is 0 Å². The van der Waals surface area contributed by atoms with Crippen LogP contribution in [-0.4, -0.2) is 12.8 Å². The number of hydrogen-bond acceptors (Lipinski definition) is 2. The fourth-order valence-corrected chi connectivity index (χ4v) is 2.00. The highest BCUT2D eigenvalue weighted by atomic mass is 16.5. The van der Waals surface area contributed by atoms with Crippen LogP contribution in [-0.2, 0) is 0 Å². The zero-order valence-electron chi connectivity index (χ0n) is 11.6. The summed E-state index contributed by atoms with van der Waals surface area (Å²) in [6.07, 6.45) is 0. The smallest absolute Gasteiger partial charge is 0.118 e. The van der Waals surface area contributed by atoms with E-state index in [1.54, 1.807) is 7.11 Å². The van der Waals surface area contributed by atoms with Crippen LogP contribution in [0, 0.1) is 0 Å². The fourth-order valence-electron chi connectivity index (χ4n) is 2.00. The Bertz CT molecular complexity index is 543. The molecule has 0 aliphatic rings. The molecule has 1 unspecified atom stereocenters. The predicted octanol–water partition coefficient (Wildman–Crippen LogP) is 4.27. The summed E-state index contributed by atoms with van der Waals surface area (Å²) < 4.78 is 5.16. The van der Waals surface area contributed by atoms with Crippen molar-refractivity contribution < 1.29 is 4.74 Å². The van der Waals surface area contributed by atoms with Gasteiger partial charge in [0.25, 0.3) is 0 Å². The molecular weight excluding hydrogens is 234 g/mol. The van der Waals surface area contributed by atoms with Gasteiger partial charge in [0.15, 0.2) is 0 Å². The second-order valence-electron chi connectivity index (χ2n) is 4.53. The third-order valence-electron chi connectivity index (χ3n) is 3.18.